The van der Waals surface area contributed by atoms with Crippen molar-refractivity contribution in [2.24, 2.45) is 5.73 Å². The summed E-state index contributed by atoms with van der Waals surface area (Å²) < 4.78 is 5.36. The number of hydrogen-bond donors (Lipinski definition) is 1. The summed E-state index contributed by atoms with van der Waals surface area (Å²) >= 11 is 0. The largest absolute Gasteiger partial charge is 0.444 e. The Morgan fingerprint density at radius 1 is 1.28 bits per heavy atom. The highest BCUT2D eigenvalue weighted by Gasteiger charge is 2.25. The summed E-state index contributed by atoms with van der Waals surface area (Å²) in [6.45, 7) is 12.0. The van der Waals surface area contributed by atoms with Crippen molar-refractivity contribution in [3.8, 4) is 0 Å². The molecular weight excluding hydrogens is 230 g/mol. The summed E-state index contributed by atoms with van der Waals surface area (Å²) in [5.74, 6) is 0. The Morgan fingerprint density at radius 2 is 1.83 bits per heavy atom. The fraction of sp³-hybridized carbons (Fsp3) is 0.923. The van der Waals surface area contributed by atoms with Gasteiger partial charge in [-0.15, -0.1) is 0 Å². The third kappa shape index (κ3) is 5.69. The number of rotatable bonds is 3. The molecule has 1 saturated heterocycles. The van der Waals surface area contributed by atoms with Gasteiger partial charge >= 0.3 is 6.09 Å². The SMILES string of the molecule is C[C@H](N)CCN1CCN(C(=O)OC(C)(C)C)CC1. The Bertz CT molecular complexity index is 266. The van der Waals surface area contributed by atoms with Crippen LogP contribution in [0.1, 0.15) is 34.1 Å². The first-order chi connectivity index (χ1) is 8.28. The smallest absolute Gasteiger partial charge is 0.410 e. The van der Waals surface area contributed by atoms with Crippen molar-refractivity contribution in [1.29, 1.82) is 0 Å². The molecule has 0 aromatic carbocycles. The average molecular weight is 257 g/mol. The molecule has 0 bridgehead atoms. The second-order valence-corrected chi connectivity index (χ2v) is 6.07. The molecule has 0 unspecified atom stereocenters. The number of piperazine rings is 1. The minimum atomic E-state index is -0.413. The lowest BCUT2D eigenvalue weighted by molar-refractivity contribution is 0.0143. The minimum Gasteiger partial charge on any atom is -0.444 e. The number of amides is 1. The zero-order chi connectivity index (χ0) is 13.8. The topological polar surface area (TPSA) is 58.8 Å². The van der Waals surface area contributed by atoms with Crippen LogP contribution in [0.3, 0.4) is 0 Å². The van der Waals surface area contributed by atoms with E-state index in [2.05, 4.69) is 4.90 Å². The molecule has 5 heteroatoms. The molecule has 1 rings (SSSR count). The van der Waals surface area contributed by atoms with Gasteiger partial charge in [0.1, 0.15) is 5.60 Å². The predicted octanol–water partition coefficient (Wildman–Crippen LogP) is 1.28. The van der Waals surface area contributed by atoms with Gasteiger partial charge in [0.25, 0.3) is 0 Å². The van der Waals surface area contributed by atoms with Crippen molar-refractivity contribution >= 4 is 6.09 Å². The predicted molar refractivity (Wildman–Crippen MR) is 72.5 cm³/mol. The van der Waals surface area contributed by atoms with Gasteiger partial charge in [0.2, 0.25) is 0 Å². The fourth-order valence-corrected chi connectivity index (χ4v) is 1.87. The Labute approximate surface area is 110 Å². The number of nitrogens with two attached hydrogens (primary N) is 1. The van der Waals surface area contributed by atoms with E-state index in [1.807, 2.05) is 27.7 Å². The Morgan fingerprint density at radius 3 is 2.28 bits per heavy atom. The van der Waals surface area contributed by atoms with Gasteiger partial charge in [-0.3, -0.25) is 4.90 Å². The van der Waals surface area contributed by atoms with Gasteiger partial charge < -0.3 is 15.4 Å². The van der Waals surface area contributed by atoms with E-state index >= 15 is 0 Å². The van der Waals surface area contributed by atoms with Crippen LogP contribution < -0.4 is 5.73 Å². The van der Waals surface area contributed by atoms with Crippen LogP contribution in [0.15, 0.2) is 0 Å². The van der Waals surface area contributed by atoms with Gasteiger partial charge in [-0.25, -0.2) is 4.79 Å². The number of nitrogens with zero attached hydrogens (tertiary/aromatic N) is 2. The quantitative estimate of drug-likeness (QED) is 0.827. The molecule has 1 aliphatic heterocycles. The second kappa shape index (κ2) is 6.38. The molecule has 1 amide bonds. The van der Waals surface area contributed by atoms with Crippen molar-refractivity contribution in [3.63, 3.8) is 0 Å². The van der Waals surface area contributed by atoms with Crippen molar-refractivity contribution in [3.05, 3.63) is 0 Å². The van der Waals surface area contributed by atoms with E-state index in [0.717, 1.165) is 39.1 Å². The first-order valence-corrected chi connectivity index (χ1v) is 6.74. The molecule has 0 saturated carbocycles. The van der Waals surface area contributed by atoms with E-state index in [0.29, 0.717) is 0 Å². The van der Waals surface area contributed by atoms with E-state index in [1.165, 1.54) is 0 Å². The highest BCUT2D eigenvalue weighted by atomic mass is 16.6. The number of hydrogen-bond acceptors (Lipinski definition) is 4. The lowest BCUT2D eigenvalue weighted by Crippen LogP contribution is -2.50. The zero-order valence-corrected chi connectivity index (χ0v) is 12.1. The van der Waals surface area contributed by atoms with Crippen LogP contribution in [0, 0.1) is 0 Å². The highest BCUT2D eigenvalue weighted by molar-refractivity contribution is 5.68. The van der Waals surface area contributed by atoms with Crippen LogP contribution >= 0.6 is 0 Å². The molecule has 106 valence electrons. The van der Waals surface area contributed by atoms with Crippen LogP contribution in [0.2, 0.25) is 0 Å². The summed E-state index contributed by atoms with van der Waals surface area (Å²) in [5, 5.41) is 0. The molecule has 18 heavy (non-hydrogen) atoms. The van der Waals surface area contributed by atoms with Gasteiger partial charge in [0.15, 0.2) is 0 Å². The molecule has 0 radical (unpaired) electrons. The molecule has 0 spiro atoms. The van der Waals surface area contributed by atoms with Gasteiger partial charge in [0, 0.05) is 32.2 Å². The third-order valence-electron chi connectivity index (χ3n) is 2.92. The third-order valence-corrected chi connectivity index (χ3v) is 2.92. The Kier molecular flexibility index (Phi) is 5.41. The minimum absolute atomic E-state index is 0.200. The standard InChI is InChI=1S/C13H27N3O2/c1-11(14)5-6-15-7-9-16(10-8-15)12(17)18-13(2,3)4/h11H,5-10,14H2,1-4H3/t11-/m0/s1. The summed E-state index contributed by atoms with van der Waals surface area (Å²) in [7, 11) is 0. The van der Waals surface area contributed by atoms with E-state index < -0.39 is 5.60 Å². The number of carbonyl (C=O) groups excluding carboxylic acids is 1. The molecule has 0 aliphatic carbocycles. The lowest BCUT2D eigenvalue weighted by Gasteiger charge is -2.35. The van der Waals surface area contributed by atoms with Crippen molar-refractivity contribution in [1.82, 2.24) is 9.80 Å². The molecule has 5 nitrogen and oxygen atoms in total. The summed E-state index contributed by atoms with van der Waals surface area (Å²) in [6, 6.07) is 0.244. The molecule has 1 atom stereocenters. The first-order valence-electron chi connectivity index (χ1n) is 6.74. The Hall–Kier alpha value is -0.810. The summed E-state index contributed by atoms with van der Waals surface area (Å²) in [6.07, 6.45) is 0.807. The van der Waals surface area contributed by atoms with Crippen molar-refractivity contribution in [2.75, 3.05) is 32.7 Å². The first kappa shape index (κ1) is 15.2. The second-order valence-electron chi connectivity index (χ2n) is 6.07. The van der Waals surface area contributed by atoms with Gasteiger partial charge in [-0.2, -0.15) is 0 Å². The molecule has 1 heterocycles. The van der Waals surface area contributed by atoms with Crippen LogP contribution in [0.25, 0.3) is 0 Å². The number of ether oxygens (including phenoxy) is 1. The molecule has 1 aliphatic rings. The van der Waals surface area contributed by atoms with Gasteiger partial charge in [-0.1, -0.05) is 0 Å². The maximum absolute atomic E-state index is 11.9. The van der Waals surface area contributed by atoms with E-state index in [9.17, 15) is 4.79 Å². The van der Waals surface area contributed by atoms with Crippen LogP contribution in [0.4, 0.5) is 4.79 Å². The van der Waals surface area contributed by atoms with E-state index in [4.69, 9.17) is 10.5 Å². The fourth-order valence-electron chi connectivity index (χ4n) is 1.87. The van der Waals surface area contributed by atoms with Crippen LogP contribution in [-0.2, 0) is 4.74 Å². The number of carbonyl (C=O) groups is 1. The van der Waals surface area contributed by atoms with Crippen LogP contribution in [-0.4, -0.2) is 60.3 Å². The zero-order valence-electron chi connectivity index (χ0n) is 12.1. The maximum Gasteiger partial charge on any atom is 0.410 e. The van der Waals surface area contributed by atoms with Crippen molar-refractivity contribution in [2.45, 2.75) is 45.8 Å². The Balaban J connectivity index is 2.28. The molecule has 1 fully saturated rings. The van der Waals surface area contributed by atoms with Crippen LogP contribution in [0.5, 0.6) is 0 Å². The molecule has 0 aromatic heterocycles. The molecular formula is C13H27N3O2. The summed E-state index contributed by atoms with van der Waals surface area (Å²) in [4.78, 5) is 16.0. The molecule has 0 aromatic rings. The normalized spacial score (nSPS) is 19.7. The van der Waals surface area contributed by atoms with Crippen molar-refractivity contribution < 1.29 is 9.53 Å². The molecule has 2 N–H and O–H groups in total. The maximum atomic E-state index is 11.9. The monoisotopic (exact) mass is 257 g/mol. The van der Waals surface area contributed by atoms with E-state index in [1.54, 1.807) is 4.90 Å². The van der Waals surface area contributed by atoms with Gasteiger partial charge in [0.05, 0.1) is 0 Å². The van der Waals surface area contributed by atoms with Gasteiger partial charge in [-0.05, 0) is 40.7 Å². The average Bonchev–Trinajstić information content (AvgIpc) is 2.24. The lowest BCUT2D eigenvalue weighted by atomic mass is 10.2. The summed E-state index contributed by atoms with van der Waals surface area (Å²) in [5.41, 5.74) is 5.33. The highest BCUT2D eigenvalue weighted by Crippen LogP contribution is 2.12. The van der Waals surface area contributed by atoms with E-state index in [-0.39, 0.29) is 12.1 Å².